The number of carbonyl (C=O) groups excluding carboxylic acids is 1. The molecule has 0 spiro atoms. The van der Waals surface area contributed by atoms with E-state index in [0.29, 0.717) is 18.7 Å². The molecular weight excluding hydrogens is 398 g/mol. The number of amides is 1. The van der Waals surface area contributed by atoms with Gasteiger partial charge in [-0.25, -0.2) is 9.78 Å². The van der Waals surface area contributed by atoms with E-state index in [-0.39, 0.29) is 12.6 Å². The van der Waals surface area contributed by atoms with Crippen molar-refractivity contribution in [1.29, 1.82) is 0 Å². The van der Waals surface area contributed by atoms with Gasteiger partial charge in [0.15, 0.2) is 0 Å². The number of nitrogens with one attached hydrogen (secondary N) is 1. The molecule has 0 radical (unpaired) electrons. The highest BCUT2D eigenvalue weighted by Crippen LogP contribution is 2.32. The van der Waals surface area contributed by atoms with E-state index in [0.717, 1.165) is 15.7 Å². The summed E-state index contributed by atoms with van der Waals surface area (Å²) in [5.41, 5.74) is 1.54. The third-order valence-corrected chi connectivity index (χ3v) is 4.65. The molecule has 3 rings (SSSR count). The van der Waals surface area contributed by atoms with Gasteiger partial charge in [-0.1, -0.05) is 28.1 Å². The van der Waals surface area contributed by atoms with E-state index in [4.69, 9.17) is 4.74 Å². The van der Waals surface area contributed by atoms with Crippen LogP contribution in [0.5, 0.6) is 0 Å². The van der Waals surface area contributed by atoms with Gasteiger partial charge in [-0.05, 0) is 38.5 Å². The minimum atomic E-state index is -0.579. The molecule has 0 unspecified atom stereocenters. The monoisotopic (exact) mass is 421 g/mol. The summed E-state index contributed by atoms with van der Waals surface area (Å²) in [5, 5.41) is 10.1. The lowest BCUT2D eigenvalue weighted by Crippen LogP contribution is -2.37. The molecule has 1 fully saturated rings. The van der Waals surface area contributed by atoms with Crippen molar-refractivity contribution in [2.75, 3.05) is 6.54 Å². The molecule has 1 aliphatic rings. The second kappa shape index (κ2) is 7.40. The van der Waals surface area contributed by atoms with Crippen LogP contribution < -0.4 is 0 Å². The van der Waals surface area contributed by atoms with Gasteiger partial charge in [-0.2, -0.15) is 0 Å². The van der Waals surface area contributed by atoms with E-state index in [1.165, 1.54) is 0 Å². The fraction of sp³-hybridized carbons (Fsp3) is 0.474. The summed E-state index contributed by atoms with van der Waals surface area (Å²) in [6.45, 7) is 5.74. The fourth-order valence-corrected chi connectivity index (χ4v) is 3.54. The number of aliphatic hydroxyl groups excluding tert-OH is 1. The first-order valence-electron chi connectivity index (χ1n) is 8.67. The number of aliphatic hydroxyl groups is 1. The average molecular weight is 422 g/mol. The first-order chi connectivity index (χ1) is 12.2. The molecule has 1 saturated heterocycles. The number of nitrogens with zero attached hydrogens (tertiary/aromatic N) is 2. The molecule has 26 heavy (non-hydrogen) atoms. The second-order valence-corrected chi connectivity index (χ2v) is 8.55. The van der Waals surface area contributed by atoms with Crippen LogP contribution in [0, 0.1) is 0 Å². The molecule has 0 bridgehead atoms. The highest BCUT2D eigenvalue weighted by Gasteiger charge is 2.39. The lowest BCUT2D eigenvalue weighted by molar-refractivity contribution is 0.0201. The van der Waals surface area contributed by atoms with Crippen molar-refractivity contribution >= 4 is 22.0 Å². The Morgan fingerprint density at radius 3 is 2.92 bits per heavy atom. The quantitative estimate of drug-likeness (QED) is 0.789. The Morgan fingerprint density at radius 2 is 2.23 bits per heavy atom. The largest absolute Gasteiger partial charge is 0.444 e. The topological polar surface area (TPSA) is 78.4 Å². The molecule has 7 heteroatoms. The van der Waals surface area contributed by atoms with E-state index < -0.39 is 17.8 Å². The van der Waals surface area contributed by atoms with Crippen molar-refractivity contribution in [3.63, 3.8) is 0 Å². The van der Waals surface area contributed by atoms with E-state index >= 15 is 0 Å². The maximum absolute atomic E-state index is 12.5. The zero-order chi connectivity index (χ0) is 18.9. The Morgan fingerprint density at radius 1 is 1.46 bits per heavy atom. The predicted molar refractivity (Wildman–Crippen MR) is 102 cm³/mol. The van der Waals surface area contributed by atoms with Crippen molar-refractivity contribution in [2.24, 2.45) is 0 Å². The average Bonchev–Trinajstić information content (AvgIpc) is 3.12. The van der Waals surface area contributed by atoms with Crippen molar-refractivity contribution in [1.82, 2.24) is 14.9 Å². The molecule has 0 saturated carbocycles. The van der Waals surface area contributed by atoms with E-state index in [2.05, 4.69) is 38.0 Å². The summed E-state index contributed by atoms with van der Waals surface area (Å²) < 4.78 is 6.50. The number of β-amino-alcohol motifs (C(OH)–C–C–N with tert-alkyl or cyclic N) is 1. The number of likely N-dealkylation sites (tertiary alicyclic amines) is 1. The lowest BCUT2D eigenvalue weighted by Gasteiger charge is -2.27. The molecule has 6 nitrogen and oxygen atoms in total. The van der Waals surface area contributed by atoms with Gasteiger partial charge in [0.1, 0.15) is 11.4 Å². The van der Waals surface area contributed by atoms with E-state index in [9.17, 15) is 9.90 Å². The maximum atomic E-state index is 12.5. The number of hydrogen-bond acceptors (Lipinski definition) is 4. The van der Waals surface area contributed by atoms with Crippen LogP contribution in [0.1, 0.15) is 50.3 Å². The number of halogens is 1. The normalized spacial score (nSPS) is 20.4. The number of aromatic nitrogens is 2. The van der Waals surface area contributed by atoms with Crippen LogP contribution in [-0.2, 0) is 11.2 Å². The van der Waals surface area contributed by atoms with Gasteiger partial charge in [-0.3, -0.25) is 4.90 Å². The number of rotatable bonds is 3. The maximum Gasteiger partial charge on any atom is 0.411 e. The minimum absolute atomic E-state index is 0.251. The molecule has 0 aliphatic carbocycles. The van der Waals surface area contributed by atoms with Crippen LogP contribution in [0.2, 0.25) is 0 Å². The first kappa shape index (κ1) is 18.9. The smallest absolute Gasteiger partial charge is 0.411 e. The number of ether oxygens (including phenoxy) is 1. The van der Waals surface area contributed by atoms with Crippen LogP contribution in [0.3, 0.4) is 0 Å². The predicted octanol–water partition coefficient (Wildman–Crippen LogP) is 3.81. The zero-order valence-corrected chi connectivity index (χ0v) is 16.8. The van der Waals surface area contributed by atoms with Crippen LogP contribution >= 0.6 is 15.9 Å². The third kappa shape index (κ3) is 4.65. The number of benzene rings is 1. The summed E-state index contributed by atoms with van der Waals surface area (Å²) in [4.78, 5) is 21.8. The van der Waals surface area contributed by atoms with Gasteiger partial charge < -0.3 is 14.8 Å². The number of imidazole rings is 1. The van der Waals surface area contributed by atoms with E-state index in [1.54, 1.807) is 11.1 Å². The van der Waals surface area contributed by atoms with Gasteiger partial charge in [0.05, 0.1) is 18.7 Å². The summed E-state index contributed by atoms with van der Waals surface area (Å²) >= 11 is 3.48. The summed E-state index contributed by atoms with van der Waals surface area (Å²) in [6, 6.07) is 7.79. The Bertz CT molecular complexity index is 784. The zero-order valence-electron chi connectivity index (χ0n) is 15.2. The van der Waals surface area contributed by atoms with Gasteiger partial charge in [0, 0.05) is 29.2 Å². The lowest BCUT2D eigenvalue weighted by atomic mass is 10.1. The third-order valence-electron chi connectivity index (χ3n) is 4.15. The molecule has 1 aliphatic heterocycles. The highest BCUT2D eigenvalue weighted by atomic mass is 79.9. The van der Waals surface area contributed by atoms with Crippen LogP contribution in [0.4, 0.5) is 4.79 Å². The van der Waals surface area contributed by atoms with Crippen molar-refractivity contribution < 1.29 is 14.6 Å². The first-order valence-corrected chi connectivity index (χ1v) is 9.46. The van der Waals surface area contributed by atoms with Crippen molar-refractivity contribution in [3.8, 4) is 0 Å². The number of H-pyrrole nitrogens is 1. The van der Waals surface area contributed by atoms with Crippen molar-refractivity contribution in [3.05, 3.63) is 52.0 Å². The van der Waals surface area contributed by atoms with E-state index in [1.807, 2.05) is 32.9 Å². The molecule has 1 aromatic carbocycles. The van der Waals surface area contributed by atoms with Crippen LogP contribution in [0.25, 0.3) is 0 Å². The highest BCUT2D eigenvalue weighted by molar-refractivity contribution is 9.10. The summed E-state index contributed by atoms with van der Waals surface area (Å²) in [7, 11) is 0. The SMILES string of the molecule is CC(C)(C)OC(=O)N1C[C@H](O)C[C@H]1c1ncc(Cc2cccc(Br)c2)[nH]1. The molecule has 2 heterocycles. The molecular formula is C19H24BrN3O3. The number of carbonyl (C=O) groups is 1. The standard InChI is InChI=1S/C19H24BrN3O3/c1-19(2,3)26-18(25)23-11-15(24)9-16(23)17-21-10-14(22-17)8-12-5-4-6-13(20)7-12/h4-7,10,15-16,24H,8-9,11H2,1-3H3,(H,21,22)/t15-,16+/m1/s1. The Balaban J connectivity index is 1.75. The van der Waals surface area contributed by atoms with Crippen LogP contribution in [-0.4, -0.2) is 44.3 Å². The minimum Gasteiger partial charge on any atom is -0.444 e. The molecule has 2 atom stereocenters. The van der Waals surface area contributed by atoms with Gasteiger partial charge in [0.2, 0.25) is 0 Å². The Hall–Kier alpha value is -1.86. The summed E-state index contributed by atoms with van der Waals surface area (Å²) in [5.74, 6) is 0.678. The number of aromatic amines is 1. The molecule has 1 amide bonds. The fourth-order valence-electron chi connectivity index (χ4n) is 3.10. The molecule has 140 valence electrons. The van der Waals surface area contributed by atoms with Crippen molar-refractivity contribution in [2.45, 2.75) is 51.4 Å². The Kier molecular flexibility index (Phi) is 5.39. The summed E-state index contributed by atoms with van der Waals surface area (Å²) in [6.07, 6.45) is 1.95. The second-order valence-electron chi connectivity index (χ2n) is 7.64. The Labute approximate surface area is 161 Å². The van der Waals surface area contributed by atoms with Crippen LogP contribution in [0.15, 0.2) is 34.9 Å². The van der Waals surface area contributed by atoms with Gasteiger partial charge in [-0.15, -0.1) is 0 Å². The molecule has 2 N–H and O–H groups in total. The van der Waals surface area contributed by atoms with Gasteiger partial charge >= 0.3 is 6.09 Å². The number of hydrogen-bond donors (Lipinski definition) is 2. The molecule has 1 aromatic heterocycles. The molecule has 2 aromatic rings. The van der Waals surface area contributed by atoms with Gasteiger partial charge in [0.25, 0.3) is 0 Å².